The summed E-state index contributed by atoms with van der Waals surface area (Å²) >= 11 is 12.1. The fourth-order valence-corrected chi connectivity index (χ4v) is 3.92. The number of carboxylic acids is 1. The number of phenolic OH excluding ortho intramolecular Hbond substituents is 2. The molecule has 0 fully saturated rings. The molecule has 188 valence electrons. The van der Waals surface area contributed by atoms with Gasteiger partial charge in [0.2, 0.25) is 0 Å². The van der Waals surface area contributed by atoms with Crippen LogP contribution in [-0.2, 0) is 0 Å². The van der Waals surface area contributed by atoms with Crippen LogP contribution in [0.25, 0.3) is 0 Å². The van der Waals surface area contributed by atoms with E-state index < -0.39 is 17.5 Å². The second-order valence-corrected chi connectivity index (χ2v) is 9.00. The van der Waals surface area contributed by atoms with Crippen LogP contribution in [0.15, 0.2) is 78.9 Å². The zero-order valence-electron chi connectivity index (χ0n) is 19.8. The van der Waals surface area contributed by atoms with Crippen molar-refractivity contribution in [2.75, 3.05) is 0 Å². The lowest BCUT2D eigenvalue weighted by molar-refractivity contribution is 0.0692. The fraction of sp³-hybridized carbons (Fsp3) is 0.0690. The van der Waals surface area contributed by atoms with E-state index in [-0.39, 0.29) is 33.8 Å². The molecule has 0 aliphatic carbocycles. The number of rotatable bonds is 5. The van der Waals surface area contributed by atoms with Gasteiger partial charge in [-0.25, -0.2) is 4.79 Å². The lowest BCUT2D eigenvalue weighted by Gasteiger charge is -2.14. The molecule has 0 heterocycles. The topological polar surface area (TPSA) is 112 Å². The first-order valence-electron chi connectivity index (χ1n) is 11.0. The summed E-state index contributed by atoms with van der Waals surface area (Å²) in [6, 6.07) is 19.5. The van der Waals surface area contributed by atoms with Crippen molar-refractivity contribution >= 4 is 40.7 Å². The number of benzene rings is 4. The van der Waals surface area contributed by atoms with Crippen LogP contribution < -0.4 is 0 Å². The second-order valence-electron chi connectivity index (χ2n) is 8.13. The van der Waals surface area contributed by atoms with Gasteiger partial charge < -0.3 is 15.3 Å². The van der Waals surface area contributed by atoms with E-state index in [9.17, 15) is 19.5 Å². The van der Waals surface area contributed by atoms with Crippen LogP contribution in [0, 0.1) is 13.8 Å². The van der Waals surface area contributed by atoms with Gasteiger partial charge in [0, 0.05) is 32.3 Å². The van der Waals surface area contributed by atoms with E-state index in [2.05, 4.69) is 0 Å². The summed E-state index contributed by atoms with van der Waals surface area (Å²) in [6.45, 7) is 3.46. The Balaban J connectivity index is 0.000000405. The number of carbonyl (C=O) groups excluding carboxylic acids is 2. The predicted octanol–water partition coefficient (Wildman–Crippen LogP) is 6.87. The maximum Gasteiger partial charge on any atom is 0.336 e. The van der Waals surface area contributed by atoms with Gasteiger partial charge >= 0.3 is 5.97 Å². The van der Waals surface area contributed by atoms with E-state index in [0.29, 0.717) is 26.7 Å². The number of halogens is 2. The van der Waals surface area contributed by atoms with Crippen LogP contribution in [-0.4, -0.2) is 32.9 Å². The minimum atomic E-state index is -1.30. The number of aryl methyl sites for hydroxylation is 2. The average molecular weight is 537 g/mol. The Hall–Kier alpha value is -4.13. The molecule has 4 aromatic carbocycles. The van der Waals surface area contributed by atoms with Crippen LogP contribution >= 0.6 is 23.2 Å². The fourth-order valence-electron chi connectivity index (χ4n) is 3.57. The SMILES string of the molecule is Cc1ccc(Cl)cc1C(=O)c1cccc(C(=O)O)c1C(=O)c1cc(Cl)ccc1C.Oc1ccc(O)cc1. The predicted molar refractivity (Wildman–Crippen MR) is 142 cm³/mol. The number of hydrogen-bond donors (Lipinski definition) is 3. The van der Waals surface area contributed by atoms with Gasteiger partial charge in [0.05, 0.1) is 5.56 Å². The lowest BCUT2D eigenvalue weighted by Crippen LogP contribution is -2.17. The van der Waals surface area contributed by atoms with E-state index in [1.165, 1.54) is 54.6 Å². The summed E-state index contributed by atoms with van der Waals surface area (Å²) in [5.41, 5.74) is 1.41. The third-order valence-corrected chi connectivity index (χ3v) is 5.97. The summed E-state index contributed by atoms with van der Waals surface area (Å²) in [6.07, 6.45) is 0. The molecule has 0 atom stereocenters. The maximum atomic E-state index is 13.4. The quantitative estimate of drug-likeness (QED) is 0.189. The summed E-state index contributed by atoms with van der Waals surface area (Å²) in [5.74, 6) is -2.02. The molecule has 0 bridgehead atoms. The number of carboxylic acid groups (broad SMARTS) is 1. The normalized spacial score (nSPS) is 10.3. The highest BCUT2D eigenvalue weighted by molar-refractivity contribution is 6.32. The molecule has 6 nitrogen and oxygen atoms in total. The molecule has 0 aliphatic rings. The maximum absolute atomic E-state index is 13.4. The molecule has 0 radical (unpaired) electrons. The van der Waals surface area contributed by atoms with E-state index >= 15 is 0 Å². The van der Waals surface area contributed by atoms with Crippen LogP contribution in [0.5, 0.6) is 11.5 Å². The zero-order chi connectivity index (χ0) is 27.3. The molecule has 3 N–H and O–H groups in total. The summed E-state index contributed by atoms with van der Waals surface area (Å²) in [4.78, 5) is 38.5. The molecule has 0 spiro atoms. The highest BCUT2D eigenvalue weighted by Gasteiger charge is 2.27. The van der Waals surface area contributed by atoms with E-state index in [1.54, 1.807) is 38.1 Å². The zero-order valence-corrected chi connectivity index (χ0v) is 21.3. The molecule has 4 rings (SSSR count). The first kappa shape index (κ1) is 27.5. The van der Waals surface area contributed by atoms with Gasteiger partial charge in [-0.15, -0.1) is 0 Å². The van der Waals surface area contributed by atoms with Gasteiger partial charge in [-0.05, 0) is 79.6 Å². The summed E-state index contributed by atoms with van der Waals surface area (Å²) < 4.78 is 0. The van der Waals surface area contributed by atoms with E-state index in [0.717, 1.165) is 0 Å². The first-order valence-corrected chi connectivity index (χ1v) is 11.7. The van der Waals surface area contributed by atoms with Crippen molar-refractivity contribution in [2.24, 2.45) is 0 Å². The van der Waals surface area contributed by atoms with E-state index in [4.69, 9.17) is 33.4 Å². The average Bonchev–Trinajstić information content (AvgIpc) is 2.87. The Morgan fingerprint density at radius 2 is 1.03 bits per heavy atom. The molecule has 0 unspecified atom stereocenters. The van der Waals surface area contributed by atoms with Crippen molar-refractivity contribution in [3.8, 4) is 11.5 Å². The van der Waals surface area contributed by atoms with Crippen molar-refractivity contribution in [1.29, 1.82) is 0 Å². The first-order chi connectivity index (χ1) is 17.5. The monoisotopic (exact) mass is 536 g/mol. The Labute approximate surface area is 223 Å². The van der Waals surface area contributed by atoms with Crippen LogP contribution in [0.2, 0.25) is 10.0 Å². The molecule has 0 amide bonds. The van der Waals surface area contributed by atoms with Crippen molar-refractivity contribution in [1.82, 2.24) is 0 Å². The van der Waals surface area contributed by atoms with Gasteiger partial charge in [-0.3, -0.25) is 9.59 Å². The molecule has 0 saturated carbocycles. The van der Waals surface area contributed by atoms with Crippen LogP contribution in [0.1, 0.15) is 53.3 Å². The number of carbonyl (C=O) groups is 3. The Morgan fingerprint density at radius 3 is 1.49 bits per heavy atom. The molecule has 0 aromatic heterocycles. The Kier molecular flexibility index (Phi) is 8.71. The van der Waals surface area contributed by atoms with Crippen molar-refractivity contribution in [3.63, 3.8) is 0 Å². The third-order valence-electron chi connectivity index (χ3n) is 5.50. The molecular weight excluding hydrogens is 515 g/mol. The molecular formula is C29H22Cl2O6. The van der Waals surface area contributed by atoms with Gasteiger partial charge in [0.1, 0.15) is 11.5 Å². The summed E-state index contributed by atoms with van der Waals surface area (Å²) in [7, 11) is 0. The largest absolute Gasteiger partial charge is 0.508 e. The van der Waals surface area contributed by atoms with Crippen molar-refractivity contribution in [3.05, 3.63) is 128 Å². The molecule has 37 heavy (non-hydrogen) atoms. The van der Waals surface area contributed by atoms with Crippen molar-refractivity contribution < 1.29 is 29.7 Å². The second kappa shape index (κ2) is 11.7. The Morgan fingerprint density at radius 1 is 0.595 bits per heavy atom. The number of aromatic carboxylic acids is 1. The Bertz CT molecular complexity index is 1470. The highest BCUT2D eigenvalue weighted by atomic mass is 35.5. The number of ketones is 2. The highest BCUT2D eigenvalue weighted by Crippen LogP contribution is 2.27. The molecule has 4 aromatic rings. The van der Waals surface area contributed by atoms with Crippen LogP contribution in [0.4, 0.5) is 0 Å². The van der Waals surface area contributed by atoms with Gasteiger partial charge in [-0.2, -0.15) is 0 Å². The van der Waals surface area contributed by atoms with Crippen LogP contribution in [0.3, 0.4) is 0 Å². The molecule has 8 heteroatoms. The standard InChI is InChI=1S/C23H16Cl2O4.C6H6O2/c1-12-6-8-14(24)10-18(12)21(26)16-4-3-5-17(23(28)29)20(16)22(27)19-11-15(25)9-7-13(19)2;7-5-1-2-6(8)4-3-5/h3-11H,1-2H3,(H,28,29);1-4,7-8H. The van der Waals surface area contributed by atoms with Gasteiger partial charge in [0.15, 0.2) is 11.6 Å². The number of hydrogen-bond acceptors (Lipinski definition) is 5. The summed E-state index contributed by atoms with van der Waals surface area (Å²) in [5, 5.41) is 27.6. The molecule has 0 aliphatic heterocycles. The number of phenols is 2. The minimum Gasteiger partial charge on any atom is -0.508 e. The minimum absolute atomic E-state index is 0.000331. The van der Waals surface area contributed by atoms with Gasteiger partial charge in [-0.1, -0.05) is 47.5 Å². The number of aromatic hydroxyl groups is 2. The van der Waals surface area contributed by atoms with Crippen molar-refractivity contribution in [2.45, 2.75) is 13.8 Å². The van der Waals surface area contributed by atoms with E-state index in [1.807, 2.05) is 0 Å². The smallest absolute Gasteiger partial charge is 0.336 e. The lowest BCUT2D eigenvalue weighted by atomic mass is 9.87. The van der Waals surface area contributed by atoms with Gasteiger partial charge in [0.25, 0.3) is 0 Å². The third kappa shape index (κ3) is 6.55. The molecule has 0 saturated heterocycles.